The van der Waals surface area contributed by atoms with E-state index in [1.807, 2.05) is 42.5 Å². The van der Waals surface area contributed by atoms with E-state index in [0.29, 0.717) is 18.2 Å². The maximum absolute atomic E-state index is 5.93. The van der Waals surface area contributed by atoms with Crippen molar-refractivity contribution >= 4 is 11.6 Å². The van der Waals surface area contributed by atoms with E-state index < -0.39 is 0 Å². The van der Waals surface area contributed by atoms with Crippen LogP contribution in [0.1, 0.15) is 17.9 Å². The summed E-state index contributed by atoms with van der Waals surface area (Å²) in [6.45, 7) is 1.17. The van der Waals surface area contributed by atoms with Crippen molar-refractivity contribution in [3.63, 3.8) is 0 Å². The zero-order chi connectivity index (χ0) is 15.1. The molecule has 0 radical (unpaired) electrons. The highest BCUT2D eigenvalue weighted by Crippen LogP contribution is 2.24. The van der Waals surface area contributed by atoms with Crippen molar-refractivity contribution in [1.82, 2.24) is 0 Å². The molecule has 0 heterocycles. The highest BCUT2D eigenvalue weighted by Gasteiger charge is 2.11. The number of nitrogens with two attached hydrogens (primary N) is 1. The molecule has 0 aliphatic carbocycles. The van der Waals surface area contributed by atoms with Crippen LogP contribution in [0.5, 0.6) is 11.5 Å². The van der Waals surface area contributed by atoms with Crippen molar-refractivity contribution < 1.29 is 9.47 Å². The van der Waals surface area contributed by atoms with E-state index in [1.165, 1.54) is 5.56 Å². The van der Waals surface area contributed by atoms with Crippen molar-refractivity contribution in [3.05, 3.63) is 59.1 Å². The predicted octanol–water partition coefficient (Wildman–Crippen LogP) is 3.86. The Hall–Kier alpha value is -1.71. The highest BCUT2D eigenvalue weighted by molar-refractivity contribution is 6.30. The molecule has 0 amide bonds. The van der Waals surface area contributed by atoms with E-state index in [2.05, 4.69) is 6.07 Å². The van der Waals surface area contributed by atoms with Gasteiger partial charge in [0.2, 0.25) is 0 Å². The number of benzene rings is 2. The van der Waals surface area contributed by atoms with Crippen molar-refractivity contribution in [2.45, 2.75) is 12.3 Å². The minimum absolute atomic E-state index is 0.249. The summed E-state index contributed by atoms with van der Waals surface area (Å²) < 4.78 is 11.0. The molecule has 1 unspecified atom stereocenters. The fourth-order valence-electron chi connectivity index (χ4n) is 2.19. The van der Waals surface area contributed by atoms with Crippen LogP contribution < -0.4 is 15.2 Å². The van der Waals surface area contributed by atoms with Gasteiger partial charge >= 0.3 is 0 Å². The van der Waals surface area contributed by atoms with Crippen LogP contribution in [0.3, 0.4) is 0 Å². The molecule has 21 heavy (non-hydrogen) atoms. The first-order chi connectivity index (χ1) is 10.2. The third kappa shape index (κ3) is 4.66. The average molecular weight is 306 g/mol. The van der Waals surface area contributed by atoms with Gasteiger partial charge in [-0.1, -0.05) is 29.8 Å². The van der Waals surface area contributed by atoms with Crippen LogP contribution >= 0.6 is 11.6 Å². The molecule has 2 aromatic rings. The molecule has 0 aliphatic rings. The molecule has 2 N–H and O–H groups in total. The topological polar surface area (TPSA) is 44.5 Å². The second-order valence-corrected chi connectivity index (χ2v) is 5.24. The van der Waals surface area contributed by atoms with Crippen LogP contribution in [-0.4, -0.2) is 20.3 Å². The lowest BCUT2D eigenvalue weighted by atomic mass is 9.96. The Morgan fingerprint density at radius 2 is 1.86 bits per heavy atom. The zero-order valence-corrected chi connectivity index (χ0v) is 12.8. The monoisotopic (exact) mass is 305 g/mol. The van der Waals surface area contributed by atoms with Crippen molar-refractivity contribution in [1.29, 1.82) is 0 Å². The fraction of sp³-hybridized carbons (Fsp3) is 0.294. The van der Waals surface area contributed by atoms with E-state index in [1.54, 1.807) is 7.11 Å². The van der Waals surface area contributed by atoms with Crippen molar-refractivity contribution in [3.8, 4) is 11.5 Å². The lowest BCUT2D eigenvalue weighted by Gasteiger charge is -2.16. The standard InChI is InChI=1S/C17H20ClNO2/c1-20-16-6-2-4-13(10-16)14(12-19)8-9-21-17-7-3-5-15(18)11-17/h2-7,10-11,14H,8-9,12,19H2,1H3. The Morgan fingerprint density at radius 3 is 2.57 bits per heavy atom. The Morgan fingerprint density at radius 1 is 1.10 bits per heavy atom. The van der Waals surface area contributed by atoms with Gasteiger partial charge in [-0.3, -0.25) is 0 Å². The molecule has 1 atom stereocenters. The fourth-order valence-corrected chi connectivity index (χ4v) is 2.37. The van der Waals surface area contributed by atoms with Gasteiger partial charge in [0.05, 0.1) is 13.7 Å². The molecule has 0 aliphatic heterocycles. The molecule has 2 aromatic carbocycles. The summed E-state index contributed by atoms with van der Waals surface area (Å²) in [4.78, 5) is 0. The van der Waals surface area contributed by atoms with Gasteiger partial charge in [-0.25, -0.2) is 0 Å². The van der Waals surface area contributed by atoms with Crippen LogP contribution in [0, 0.1) is 0 Å². The van der Waals surface area contributed by atoms with Gasteiger partial charge in [0.25, 0.3) is 0 Å². The molecule has 3 nitrogen and oxygen atoms in total. The first-order valence-corrected chi connectivity index (χ1v) is 7.33. The molecular formula is C17H20ClNO2. The number of halogens is 1. The Kier molecular flexibility index (Phi) is 5.90. The van der Waals surface area contributed by atoms with Crippen molar-refractivity contribution in [2.24, 2.45) is 5.73 Å². The lowest BCUT2D eigenvalue weighted by molar-refractivity contribution is 0.298. The van der Waals surface area contributed by atoms with Gasteiger partial charge in [0.15, 0.2) is 0 Å². The molecule has 4 heteroatoms. The summed E-state index contributed by atoms with van der Waals surface area (Å²) in [6, 6.07) is 15.4. The van der Waals surface area contributed by atoms with Gasteiger partial charge in [-0.05, 0) is 54.8 Å². The normalized spacial score (nSPS) is 12.0. The van der Waals surface area contributed by atoms with Crippen LogP contribution in [-0.2, 0) is 0 Å². The maximum atomic E-state index is 5.93. The number of rotatable bonds is 7. The van der Waals surface area contributed by atoms with E-state index in [9.17, 15) is 0 Å². The zero-order valence-electron chi connectivity index (χ0n) is 12.1. The molecule has 0 fully saturated rings. The largest absolute Gasteiger partial charge is 0.497 e. The molecular weight excluding hydrogens is 286 g/mol. The van der Waals surface area contributed by atoms with Gasteiger partial charge in [-0.15, -0.1) is 0 Å². The number of hydrogen-bond donors (Lipinski definition) is 1. The van der Waals surface area contributed by atoms with Crippen LogP contribution in [0.15, 0.2) is 48.5 Å². The van der Waals surface area contributed by atoms with E-state index in [0.717, 1.165) is 17.9 Å². The van der Waals surface area contributed by atoms with E-state index in [-0.39, 0.29) is 5.92 Å². The van der Waals surface area contributed by atoms with E-state index >= 15 is 0 Å². The maximum Gasteiger partial charge on any atom is 0.120 e. The smallest absolute Gasteiger partial charge is 0.120 e. The summed E-state index contributed by atoms with van der Waals surface area (Å²) >= 11 is 5.93. The predicted molar refractivity (Wildman–Crippen MR) is 86.4 cm³/mol. The Balaban J connectivity index is 1.93. The quantitative estimate of drug-likeness (QED) is 0.845. The SMILES string of the molecule is COc1cccc(C(CN)CCOc2cccc(Cl)c2)c1. The van der Waals surface area contributed by atoms with Gasteiger partial charge < -0.3 is 15.2 Å². The summed E-state index contributed by atoms with van der Waals surface area (Å²) in [5.41, 5.74) is 7.06. The number of hydrogen-bond acceptors (Lipinski definition) is 3. The third-order valence-corrected chi connectivity index (χ3v) is 3.62. The van der Waals surface area contributed by atoms with E-state index in [4.69, 9.17) is 26.8 Å². The Bertz CT molecular complexity index is 574. The minimum atomic E-state index is 0.249. The van der Waals surface area contributed by atoms with Gasteiger partial charge in [-0.2, -0.15) is 0 Å². The first kappa shape index (κ1) is 15.7. The molecule has 0 saturated carbocycles. The average Bonchev–Trinajstić information content (AvgIpc) is 2.52. The highest BCUT2D eigenvalue weighted by atomic mass is 35.5. The summed E-state index contributed by atoms with van der Waals surface area (Å²) in [7, 11) is 1.67. The van der Waals surface area contributed by atoms with Gasteiger partial charge in [0, 0.05) is 5.02 Å². The molecule has 0 aromatic heterocycles. The number of ether oxygens (including phenoxy) is 2. The van der Waals surface area contributed by atoms with Crippen LogP contribution in [0.2, 0.25) is 5.02 Å². The molecule has 0 bridgehead atoms. The first-order valence-electron chi connectivity index (χ1n) is 6.95. The Labute approximate surface area is 130 Å². The number of methoxy groups -OCH3 is 1. The summed E-state index contributed by atoms with van der Waals surface area (Å²) in [5.74, 6) is 1.88. The second kappa shape index (κ2) is 7.91. The summed E-state index contributed by atoms with van der Waals surface area (Å²) in [6.07, 6.45) is 0.843. The lowest BCUT2D eigenvalue weighted by Crippen LogP contribution is -2.15. The van der Waals surface area contributed by atoms with Crippen LogP contribution in [0.25, 0.3) is 0 Å². The van der Waals surface area contributed by atoms with Crippen molar-refractivity contribution in [2.75, 3.05) is 20.3 Å². The van der Waals surface area contributed by atoms with Gasteiger partial charge in [0.1, 0.15) is 11.5 Å². The second-order valence-electron chi connectivity index (χ2n) is 4.80. The molecule has 0 saturated heterocycles. The summed E-state index contributed by atoms with van der Waals surface area (Å²) in [5, 5.41) is 0.677. The minimum Gasteiger partial charge on any atom is -0.497 e. The molecule has 112 valence electrons. The van der Waals surface area contributed by atoms with Crippen LogP contribution in [0.4, 0.5) is 0 Å². The molecule has 2 rings (SSSR count). The third-order valence-electron chi connectivity index (χ3n) is 3.38. The molecule has 0 spiro atoms.